The quantitative estimate of drug-likeness (QED) is 0.596. The second kappa shape index (κ2) is 7.17. The fourth-order valence-electron chi connectivity index (χ4n) is 1.81. The maximum Gasteiger partial charge on any atom is 0.0558 e. The third-order valence-corrected chi connectivity index (χ3v) is 2.70. The van der Waals surface area contributed by atoms with E-state index in [2.05, 4.69) is 9.80 Å². The van der Waals surface area contributed by atoms with Gasteiger partial charge in [-0.25, -0.2) is 0 Å². The highest BCUT2D eigenvalue weighted by molar-refractivity contribution is 4.71. The molecule has 1 heterocycles. The third-order valence-electron chi connectivity index (χ3n) is 2.70. The monoisotopic (exact) mass is 202 g/mol. The van der Waals surface area contributed by atoms with Crippen molar-refractivity contribution >= 4 is 0 Å². The summed E-state index contributed by atoms with van der Waals surface area (Å²) in [5, 5.41) is 8.79. The van der Waals surface area contributed by atoms with Gasteiger partial charge in [0.25, 0.3) is 0 Å². The molecule has 0 unspecified atom stereocenters. The summed E-state index contributed by atoms with van der Waals surface area (Å²) in [5.74, 6) is 0. The minimum atomic E-state index is 0.281. The number of nitrogens with zero attached hydrogens (tertiary/aromatic N) is 2. The van der Waals surface area contributed by atoms with Gasteiger partial charge < -0.3 is 14.7 Å². The minimum Gasteiger partial charge on any atom is -0.395 e. The van der Waals surface area contributed by atoms with E-state index < -0.39 is 0 Å². The number of piperazine rings is 1. The van der Waals surface area contributed by atoms with Crippen molar-refractivity contribution in [3.63, 3.8) is 0 Å². The minimum absolute atomic E-state index is 0.281. The summed E-state index contributed by atoms with van der Waals surface area (Å²) in [5.41, 5.74) is 0. The van der Waals surface area contributed by atoms with E-state index in [0.717, 1.165) is 52.3 Å². The van der Waals surface area contributed by atoms with Crippen LogP contribution < -0.4 is 0 Å². The van der Waals surface area contributed by atoms with Gasteiger partial charge in [0, 0.05) is 53.0 Å². The first-order valence-electron chi connectivity index (χ1n) is 5.41. The molecule has 0 aromatic heterocycles. The zero-order valence-electron chi connectivity index (χ0n) is 9.11. The van der Waals surface area contributed by atoms with Crippen LogP contribution in [0.2, 0.25) is 0 Å². The van der Waals surface area contributed by atoms with Crippen LogP contribution in [-0.4, -0.2) is 74.5 Å². The number of hydrogen-bond acceptors (Lipinski definition) is 4. The average molecular weight is 202 g/mol. The van der Waals surface area contributed by atoms with Crippen LogP contribution in [0.3, 0.4) is 0 Å². The van der Waals surface area contributed by atoms with Crippen LogP contribution in [0.1, 0.15) is 6.42 Å². The van der Waals surface area contributed by atoms with E-state index in [-0.39, 0.29) is 6.61 Å². The van der Waals surface area contributed by atoms with E-state index in [9.17, 15) is 0 Å². The Bertz CT molecular complexity index is 136. The number of aliphatic hydroxyl groups is 1. The van der Waals surface area contributed by atoms with Gasteiger partial charge in [-0.1, -0.05) is 0 Å². The molecule has 0 aromatic rings. The topological polar surface area (TPSA) is 35.9 Å². The van der Waals surface area contributed by atoms with Crippen molar-refractivity contribution in [3.05, 3.63) is 0 Å². The van der Waals surface area contributed by atoms with E-state index in [0.29, 0.717) is 0 Å². The SMILES string of the molecule is COCCCN1CCN(CCO)CC1. The maximum atomic E-state index is 8.79. The van der Waals surface area contributed by atoms with Gasteiger partial charge in [0.1, 0.15) is 0 Å². The third kappa shape index (κ3) is 4.37. The Morgan fingerprint density at radius 1 is 1.07 bits per heavy atom. The Labute approximate surface area is 86.4 Å². The van der Waals surface area contributed by atoms with Gasteiger partial charge in [0.05, 0.1) is 6.61 Å². The van der Waals surface area contributed by atoms with Crippen LogP contribution in [0, 0.1) is 0 Å². The van der Waals surface area contributed by atoms with Crippen LogP contribution in [-0.2, 0) is 4.74 Å². The van der Waals surface area contributed by atoms with Gasteiger partial charge in [0.2, 0.25) is 0 Å². The molecule has 84 valence electrons. The highest BCUT2D eigenvalue weighted by atomic mass is 16.5. The number of β-amino-alcohol motifs (C(OH)–C–C–N with tert-alkyl or cyclic N) is 1. The van der Waals surface area contributed by atoms with Crippen LogP contribution in [0.5, 0.6) is 0 Å². The van der Waals surface area contributed by atoms with Crippen molar-refractivity contribution in [2.24, 2.45) is 0 Å². The van der Waals surface area contributed by atoms with Crippen LogP contribution in [0.25, 0.3) is 0 Å². The lowest BCUT2D eigenvalue weighted by molar-refractivity contribution is 0.103. The summed E-state index contributed by atoms with van der Waals surface area (Å²) in [4.78, 5) is 4.78. The molecule has 1 aliphatic rings. The van der Waals surface area contributed by atoms with Crippen molar-refractivity contribution in [1.82, 2.24) is 9.80 Å². The molecule has 1 N–H and O–H groups in total. The molecule has 1 saturated heterocycles. The lowest BCUT2D eigenvalue weighted by Crippen LogP contribution is -2.47. The van der Waals surface area contributed by atoms with Crippen molar-refractivity contribution in [3.8, 4) is 0 Å². The second-order valence-corrected chi connectivity index (χ2v) is 3.75. The summed E-state index contributed by atoms with van der Waals surface area (Å²) in [6, 6.07) is 0. The zero-order valence-corrected chi connectivity index (χ0v) is 9.11. The van der Waals surface area contributed by atoms with Crippen LogP contribution >= 0.6 is 0 Å². The Kier molecular flexibility index (Phi) is 6.10. The molecule has 0 saturated carbocycles. The predicted molar refractivity (Wildman–Crippen MR) is 56.5 cm³/mol. The average Bonchev–Trinajstić information content (AvgIpc) is 2.21. The first kappa shape index (κ1) is 11.9. The predicted octanol–water partition coefficient (Wildman–Crippen LogP) is -0.367. The summed E-state index contributed by atoms with van der Waals surface area (Å²) in [6.07, 6.45) is 1.12. The van der Waals surface area contributed by atoms with Gasteiger partial charge in [-0.3, -0.25) is 4.90 Å². The molecule has 1 fully saturated rings. The summed E-state index contributed by atoms with van der Waals surface area (Å²) >= 11 is 0. The van der Waals surface area contributed by atoms with Crippen molar-refractivity contribution in [2.45, 2.75) is 6.42 Å². The molecule has 0 aromatic carbocycles. The standard InChI is InChI=1S/C10H22N2O2/c1-14-10-2-3-11-4-6-12(7-5-11)8-9-13/h13H,2-10H2,1H3. The summed E-state index contributed by atoms with van der Waals surface area (Å²) in [6.45, 7) is 7.54. The highest BCUT2D eigenvalue weighted by Crippen LogP contribution is 2.01. The molecule has 0 aliphatic carbocycles. The first-order chi connectivity index (χ1) is 6.86. The molecule has 0 spiro atoms. The molecule has 4 nitrogen and oxygen atoms in total. The van der Waals surface area contributed by atoms with Gasteiger partial charge >= 0.3 is 0 Å². The Morgan fingerprint density at radius 2 is 1.64 bits per heavy atom. The summed E-state index contributed by atoms with van der Waals surface area (Å²) in [7, 11) is 1.75. The highest BCUT2D eigenvalue weighted by Gasteiger charge is 2.15. The van der Waals surface area contributed by atoms with E-state index in [1.807, 2.05) is 0 Å². The fourth-order valence-corrected chi connectivity index (χ4v) is 1.81. The smallest absolute Gasteiger partial charge is 0.0558 e. The lowest BCUT2D eigenvalue weighted by Gasteiger charge is -2.34. The molecule has 1 rings (SSSR count). The molecule has 0 amide bonds. The normalized spacial score (nSPS) is 20.1. The molecule has 0 bridgehead atoms. The largest absolute Gasteiger partial charge is 0.395 e. The van der Waals surface area contributed by atoms with Gasteiger partial charge in [0.15, 0.2) is 0 Å². The van der Waals surface area contributed by atoms with Crippen molar-refractivity contribution in [1.29, 1.82) is 0 Å². The Balaban J connectivity index is 2.03. The summed E-state index contributed by atoms with van der Waals surface area (Å²) < 4.78 is 5.02. The number of ether oxygens (including phenoxy) is 1. The van der Waals surface area contributed by atoms with Crippen molar-refractivity contribution in [2.75, 3.05) is 59.6 Å². The fraction of sp³-hybridized carbons (Fsp3) is 1.00. The number of aliphatic hydroxyl groups excluding tert-OH is 1. The number of rotatable bonds is 6. The number of hydrogen-bond donors (Lipinski definition) is 1. The molecule has 0 radical (unpaired) electrons. The van der Waals surface area contributed by atoms with E-state index >= 15 is 0 Å². The maximum absolute atomic E-state index is 8.79. The second-order valence-electron chi connectivity index (χ2n) is 3.75. The lowest BCUT2D eigenvalue weighted by atomic mass is 10.3. The molecule has 4 heteroatoms. The Hall–Kier alpha value is -0.160. The molecular formula is C10H22N2O2. The number of methoxy groups -OCH3 is 1. The van der Waals surface area contributed by atoms with Gasteiger partial charge in [-0.05, 0) is 6.42 Å². The van der Waals surface area contributed by atoms with Crippen LogP contribution in [0.15, 0.2) is 0 Å². The first-order valence-corrected chi connectivity index (χ1v) is 5.41. The van der Waals surface area contributed by atoms with Gasteiger partial charge in [-0.2, -0.15) is 0 Å². The Morgan fingerprint density at radius 3 is 2.14 bits per heavy atom. The van der Waals surface area contributed by atoms with Crippen LogP contribution in [0.4, 0.5) is 0 Å². The molecule has 1 aliphatic heterocycles. The molecular weight excluding hydrogens is 180 g/mol. The molecule has 0 atom stereocenters. The van der Waals surface area contributed by atoms with Crippen molar-refractivity contribution < 1.29 is 9.84 Å². The zero-order chi connectivity index (χ0) is 10.2. The molecule has 14 heavy (non-hydrogen) atoms. The van der Waals surface area contributed by atoms with Gasteiger partial charge in [-0.15, -0.1) is 0 Å². The van der Waals surface area contributed by atoms with E-state index in [1.165, 1.54) is 0 Å². The van der Waals surface area contributed by atoms with E-state index in [4.69, 9.17) is 9.84 Å². The van der Waals surface area contributed by atoms with E-state index in [1.54, 1.807) is 7.11 Å².